The van der Waals surface area contributed by atoms with Crippen LogP contribution in [0.2, 0.25) is 0 Å². The van der Waals surface area contributed by atoms with Crippen molar-refractivity contribution in [1.82, 2.24) is 0 Å². The van der Waals surface area contributed by atoms with Crippen LogP contribution in [0.1, 0.15) is 29.7 Å². The van der Waals surface area contributed by atoms with E-state index < -0.39 is 24.2 Å². The molecule has 3 rings (SSSR count). The monoisotopic (exact) mass is 367 g/mol. The lowest BCUT2D eigenvalue weighted by Crippen LogP contribution is -2.18. The molecular weight excluding hydrogens is 350 g/mol. The summed E-state index contributed by atoms with van der Waals surface area (Å²) >= 11 is 0. The molecule has 0 saturated heterocycles. The molecule has 1 unspecified atom stereocenters. The van der Waals surface area contributed by atoms with Crippen molar-refractivity contribution in [2.75, 3.05) is 13.2 Å². The summed E-state index contributed by atoms with van der Waals surface area (Å²) in [6.45, 7) is 0.387. The number of alkyl halides is 2. The summed E-state index contributed by atoms with van der Waals surface area (Å²) < 4.78 is 63.4. The highest BCUT2D eigenvalue weighted by atomic mass is 19.3. The number of hydrogen-bond donors (Lipinski definition) is 0. The van der Waals surface area contributed by atoms with E-state index in [9.17, 15) is 17.6 Å². The second kappa shape index (κ2) is 7.45. The molecule has 0 aromatic heterocycles. The number of hydrogen-bond acceptors (Lipinski definition) is 3. The SMILES string of the molecule is CC(F)(F)COCc1ccc(C2COC(c3c(F)cccc3F)=N2)cc1. The minimum atomic E-state index is -2.87. The molecule has 0 aliphatic carbocycles. The van der Waals surface area contributed by atoms with Gasteiger partial charge in [-0.25, -0.2) is 22.6 Å². The minimum absolute atomic E-state index is 0.0665. The van der Waals surface area contributed by atoms with E-state index in [2.05, 4.69) is 4.99 Å². The van der Waals surface area contributed by atoms with Gasteiger partial charge in [0, 0.05) is 6.92 Å². The molecule has 0 N–H and O–H groups in total. The Kier molecular flexibility index (Phi) is 5.27. The first-order chi connectivity index (χ1) is 12.3. The summed E-state index contributed by atoms with van der Waals surface area (Å²) in [7, 11) is 0. The summed E-state index contributed by atoms with van der Waals surface area (Å²) in [5.74, 6) is -4.40. The maximum Gasteiger partial charge on any atom is 0.268 e. The van der Waals surface area contributed by atoms with Crippen LogP contribution < -0.4 is 0 Å². The van der Waals surface area contributed by atoms with Gasteiger partial charge in [-0.2, -0.15) is 0 Å². The van der Waals surface area contributed by atoms with Crippen LogP contribution in [0.4, 0.5) is 17.6 Å². The molecule has 0 fully saturated rings. The Morgan fingerprint density at radius 2 is 1.77 bits per heavy atom. The quantitative estimate of drug-likeness (QED) is 0.696. The lowest BCUT2D eigenvalue weighted by atomic mass is 10.1. The van der Waals surface area contributed by atoms with Gasteiger partial charge in [-0.1, -0.05) is 30.3 Å². The summed E-state index contributed by atoms with van der Waals surface area (Å²) in [6.07, 6.45) is 0. The Balaban J connectivity index is 1.68. The first-order valence-electron chi connectivity index (χ1n) is 8.03. The largest absolute Gasteiger partial charge is 0.475 e. The smallest absolute Gasteiger partial charge is 0.268 e. The number of ether oxygens (including phenoxy) is 2. The third-order valence-electron chi connectivity index (χ3n) is 3.82. The van der Waals surface area contributed by atoms with E-state index in [1.54, 1.807) is 24.3 Å². The van der Waals surface area contributed by atoms with Gasteiger partial charge in [0.1, 0.15) is 36.5 Å². The molecule has 0 amide bonds. The lowest BCUT2D eigenvalue weighted by molar-refractivity contribution is -0.0673. The molecule has 2 aromatic rings. The van der Waals surface area contributed by atoms with E-state index in [1.165, 1.54) is 6.07 Å². The standard InChI is InChI=1S/C19H17F4NO2/c1-19(22,23)11-25-9-12-5-7-13(8-6-12)16-10-26-18(24-16)17-14(20)3-2-4-15(17)21/h2-8,16H,9-11H2,1H3. The second-order valence-corrected chi connectivity index (χ2v) is 6.16. The van der Waals surface area contributed by atoms with Crippen LogP contribution in [0.3, 0.4) is 0 Å². The third-order valence-corrected chi connectivity index (χ3v) is 3.82. The van der Waals surface area contributed by atoms with Crippen LogP contribution in [0.15, 0.2) is 47.5 Å². The summed E-state index contributed by atoms with van der Waals surface area (Å²) in [5.41, 5.74) is 1.25. The molecule has 2 aromatic carbocycles. The Labute approximate surface area is 148 Å². The highest BCUT2D eigenvalue weighted by Crippen LogP contribution is 2.27. The maximum atomic E-state index is 13.8. The van der Waals surface area contributed by atoms with Crippen LogP contribution in [0.5, 0.6) is 0 Å². The molecule has 138 valence electrons. The Morgan fingerprint density at radius 1 is 1.12 bits per heavy atom. The van der Waals surface area contributed by atoms with E-state index in [1.807, 2.05) is 0 Å². The van der Waals surface area contributed by atoms with Crippen LogP contribution in [0, 0.1) is 11.6 Å². The maximum absolute atomic E-state index is 13.8. The summed E-state index contributed by atoms with van der Waals surface area (Å²) in [4.78, 5) is 4.26. The Hall–Kier alpha value is -2.41. The molecule has 1 atom stereocenters. The topological polar surface area (TPSA) is 30.8 Å². The highest BCUT2D eigenvalue weighted by molar-refractivity contribution is 5.95. The molecular formula is C19H17F4NO2. The predicted molar refractivity (Wildman–Crippen MR) is 88.3 cm³/mol. The van der Waals surface area contributed by atoms with Gasteiger partial charge in [-0.3, -0.25) is 0 Å². The van der Waals surface area contributed by atoms with Gasteiger partial charge in [0.15, 0.2) is 0 Å². The minimum Gasteiger partial charge on any atom is -0.475 e. The van der Waals surface area contributed by atoms with Crippen molar-refractivity contribution in [1.29, 1.82) is 0 Å². The van der Waals surface area contributed by atoms with Crippen molar-refractivity contribution in [2.24, 2.45) is 4.99 Å². The molecule has 0 bridgehead atoms. The number of benzene rings is 2. The molecule has 0 radical (unpaired) electrons. The number of halogens is 4. The van der Waals surface area contributed by atoms with Gasteiger partial charge < -0.3 is 9.47 Å². The zero-order valence-electron chi connectivity index (χ0n) is 14.0. The van der Waals surface area contributed by atoms with Gasteiger partial charge in [-0.15, -0.1) is 0 Å². The highest BCUT2D eigenvalue weighted by Gasteiger charge is 2.26. The first-order valence-corrected chi connectivity index (χ1v) is 8.03. The van der Waals surface area contributed by atoms with E-state index in [0.717, 1.165) is 30.2 Å². The van der Waals surface area contributed by atoms with Gasteiger partial charge in [0.2, 0.25) is 5.90 Å². The Morgan fingerprint density at radius 3 is 2.38 bits per heavy atom. The van der Waals surface area contributed by atoms with Crippen molar-refractivity contribution >= 4 is 5.90 Å². The average molecular weight is 367 g/mol. The van der Waals surface area contributed by atoms with Crippen molar-refractivity contribution < 1.29 is 27.0 Å². The van der Waals surface area contributed by atoms with E-state index in [-0.39, 0.29) is 30.7 Å². The van der Waals surface area contributed by atoms with Crippen LogP contribution in [0.25, 0.3) is 0 Å². The number of rotatable bonds is 6. The van der Waals surface area contributed by atoms with Gasteiger partial charge in [0.25, 0.3) is 5.92 Å². The Bertz CT molecular complexity index is 780. The zero-order valence-corrected chi connectivity index (χ0v) is 14.0. The normalized spacial score (nSPS) is 17.1. The number of nitrogens with zero attached hydrogens (tertiary/aromatic N) is 1. The predicted octanol–water partition coefficient (Wildman–Crippen LogP) is 4.65. The van der Waals surface area contributed by atoms with Gasteiger partial charge in [0.05, 0.1) is 6.61 Å². The van der Waals surface area contributed by atoms with Crippen LogP contribution in [-0.2, 0) is 16.1 Å². The molecule has 0 spiro atoms. The fourth-order valence-corrected chi connectivity index (χ4v) is 2.57. The zero-order chi connectivity index (χ0) is 18.7. The molecule has 0 saturated carbocycles. The molecule has 1 heterocycles. The lowest BCUT2D eigenvalue weighted by Gasteiger charge is -2.11. The fraction of sp³-hybridized carbons (Fsp3) is 0.316. The second-order valence-electron chi connectivity index (χ2n) is 6.16. The first kappa shape index (κ1) is 18.4. The van der Waals surface area contributed by atoms with Crippen molar-refractivity contribution in [3.8, 4) is 0 Å². The van der Waals surface area contributed by atoms with Crippen LogP contribution >= 0.6 is 0 Å². The van der Waals surface area contributed by atoms with Crippen LogP contribution in [-0.4, -0.2) is 25.0 Å². The average Bonchev–Trinajstić information content (AvgIpc) is 3.04. The third kappa shape index (κ3) is 4.40. The summed E-state index contributed by atoms with van der Waals surface area (Å²) in [6, 6.07) is 10.2. The summed E-state index contributed by atoms with van der Waals surface area (Å²) in [5, 5.41) is 0. The van der Waals surface area contributed by atoms with Gasteiger partial charge in [-0.05, 0) is 23.3 Å². The molecule has 7 heteroatoms. The molecule has 26 heavy (non-hydrogen) atoms. The van der Waals surface area contributed by atoms with Gasteiger partial charge >= 0.3 is 0 Å². The molecule has 1 aliphatic heterocycles. The van der Waals surface area contributed by atoms with E-state index >= 15 is 0 Å². The molecule has 3 nitrogen and oxygen atoms in total. The van der Waals surface area contributed by atoms with Crippen molar-refractivity contribution in [2.45, 2.75) is 25.5 Å². The fourth-order valence-electron chi connectivity index (χ4n) is 2.57. The van der Waals surface area contributed by atoms with Crippen molar-refractivity contribution in [3.05, 3.63) is 70.8 Å². The van der Waals surface area contributed by atoms with Crippen molar-refractivity contribution in [3.63, 3.8) is 0 Å². The molecule has 1 aliphatic rings. The number of aliphatic imine (C=N–C) groups is 1. The van der Waals surface area contributed by atoms with E-state index in [0.29, 0.717) is 0 Å². The van der Waals surface area contributed by atoms with E-state index in [4.69, 9.17) is 9.47 Å².